The molecule has 0 saturated heterocycles. The molecule has 0 amide bonds. The predicted octanol–water partition coefficient (Wildman–Crippen LogP) is 3.86. The molecule has 0 spiro atoms. The third-order valence-electron chi connectivity index (χ3n) is 2.02. The van der Waals surface area contributed by atoms with Gasteiger partial charge in [-0.05, 0) is 24.6 Å². The molecule has 0 heterocycles. The average Bonchev–Trinajstić information content (AvgIpc) is 2.17. The number of aliphatic hydroxyl groups excluding tert-OH is 1. The van der Waals surface area contributed by atoms with Gasteiger partial charge in [-0.2, -0.15) is 13.2 Å². The zero-order valence-electron chi connectivity index (χ0n) is 8.06. The lowest BCUT2D eigenvalue weighted by molar-refractivity contribution is -0.140. The fourth-order valence-electron chi connectivity index (χ4n) is 1.23. The Hall–Kier alpha value is -0.810. The Morgan fingerprint density at radius 3 is 2.50 bits per heavy atom. The van der Waals surface area contributed by atoms with Crippen LogP contribution in [0.4, 0.5) is 17.6 Å². The van der Waals surface area contributed by atoms with Crippen molar-refractivity contribution in [2.75, 3.05) is 0 Å². The van der Waals surface area contributed by atoms with E-state index in [1.54, 1.807) is 0 Å². The van der Waals surface area contributed by atoms with E-state index >= 15 is 0 Å². The maximum Gasteiger partial charge on any atom is 0.389 e. The molecule has 1 N–H and O–H groups in total. The van der Waals surface area contributed by atoms with Crippen LogP contribution < -0.4 is 0 Å². The molecule has 1 nitrogen and oxygen atoms in total. The van der Waals surface area contributed by atoms with Crippen molar-refractivity contribution in [3.05, 3.63) is 34.6 Å². The van der Waals surface area contributed by atoms with Crippen LogP contribution in [-0.2, 0) is 0 Å². The van der Waals surface area contributed by atoms with E-state index < -0.39 is 30.9 Å². The Kier molecular flexibility index (Phi) is 4.15. The van der Waals surface area contributed by atoms with Crippen LogP contribution in [0.25, 0.3) is 0 Å². The molecule has 90 valence electrons. The number of benzene rings is 1. The van der Waals surface area contributed by atoms with E-state index in [1.807, 2.05) is 0 Å². The lowest BCUT2D eigenvalue weighted by Gasteiger charge is -2.13. The SMILES string of the molecule is OC(CCC(F)(F)F)c1cc(Cl)ccc1F. The second kappa shape index (κ2) is 5.01. The van der Waals surface area contributed by atoms with Crippen molar-refractivity contribution in [3.8, 4) is 0 Å². The standard InChI is InChI=1S/C10H9ClF4O/c11-6-1-2-8(12)7(5-6)9(16)3-4-10(13,14)15/h1-2,5,9,16H,3-4H2. The number of rotatable bonds is 3. The van der Waals surface area contributed by atoms with E-state index in [1.165, 1.54) is 6.07 Å². The van der Waals surface area contributed by atoms with Crippen molar-refractivity contribution >= 4 is 11.6 Å². The number of hydrogen-bond acceptors (Lipinski definition) is 1. The number of aliphatic hydroxyl groups is 1. The van der Waals surface area contributed by atoms with Crippen molar-refractivity contribution in [2.45, 2.75) is 25.1 Å². The van der Waals surface area contributed by atoms with Gasteiger partial charge in [0.25, 0.3) is 0 Å². The number of halogens is 5. The Labute approximate surface area is 94.7 Å². The summed E-state index contributed by atoms with van der Waals surface area (Å²) in [5, 5.41) is 9.56. The minimum atomic E-state index is -4.37. The van der Waals surface area contributed by atoms with Crippen LogP contribution in [-0.4, -0.2) is 11.3 Å². The predicted molar refractivity (Wildman–Crippen MR) is 51.7 cm³/mol. The van der Waals surface area contributed by atoms with Gasteiger partial charge in [-0.1, -0.05) is 11.6 Å². The minimum absolute atomic E-state index is 0.169. The topological polar surface area (TPSA) is 20.2 Å². The molecule has 0 bridgehead atoms. The van der Waals surface area contributed by atoms with Crippen LogP contribution in [0.3, 0.4) is 0 Å². The Bertz CT molecular complexity index is 364. The first kappa shape index (κ1) is 13.3. The van der Waals surface area contributed by atoms with Gasteiger partial charge in [0.15, 0.2) is 0 Å². The molecular weight excluding hydrogens is 248 g/mol. The van der Waals surface area contributed by atoms with E-state index in [0.717, 1.165) is 12.1 Å². The number of alkyl halides is 3. The zero-order chi connectivity index (χ0) is 12.3. The molecule has 0 aliphatic heterocycles. The van der Waals surface area contributed by atoms with Gasteiger partial charge in [0.2, 0.25) is 0 Å². The maximum absolute atomic E-state index is 13.1. The van der Waals surface area contributed by atoms with Crippen LogP contribution in [0.15, 0.2) is 18.2 Å². The second-order valence-corrected chi connectivity index (χ2v) is 3.77. The smallest absolute Gasteiger partial charge is 0.388 e. The van der Waals surface area contributed by atoms with E-state index in [0.29, 0.717) is 0 Å². The molecule has 0 aliphatic carbocycles. The minimum Gasteiger partial charge on any atom is -0.388 e. The van der Waals surface area contributed by atoms with E-state index in [9.17, 15) is 22.7 Å². The third kappa shape index (κ3) is 3.98. The maximum atomic E-state index is 13.1. The molecule has 0 saturated carbocycles. The summed E-state index contributed by atoms with van der Waals surface area (Å²) in [5.74, 6) is -0.765. The first-order valence-electron chi connectivity index (χ1n) is 4.49. The lowest BCUT2D eigenvalue weighted by Crippen LogP contribution is -2.10. The molecule has 0 aliphatic rings. The molecule has 0 aromatic heterocycles. The summed E-state index contributed by atoms with van der Waals surface area (Å²) in [6.45, 7) is 0. The van der Waals surface area contributed by atoms with E-state index in [4.69, 9.17) is 11.6 Å². The monoisotopic (exact) mass is 256 g/mol. The highest BCUT2D eigenvalue weighted by Crippen LogP contribution is 2.29. The Balaban J connectivity index is 2.73. The summed E-state index contributed by atoms with van der Waals surface area (Å²) in [6.07, 6.45) is -7.61. The average molecular weight is 257 g/mol. The van der Waals surface area contributed by atoms with Gasteiger partial charge in [0.05, 0.1) is 6.10 Å². The summed E-state index contributed by atoms with van der Waals surface area (Å²) in [5.41, 5.74) is -0.211. The van der Waals surface area contributed by atoms with Crippen molar-refractivity contribution in [1.29, 1.82) is 0 Å². The Morgan fingerprint density at radius 2 is 1.94 bits per heavy atom. The molecule has 1 atom stereocenters. The van der Waals surface area contributed by atoms with Crippen LogP contribution in [0.1, 0.15) is 24.5 Å². The van der Waals surface area contributed by atoms with Gasteiger partial charge >= 0.3 is 6.18 Å². The summed E-state index contributed by atoms with van der Waals surface area (Å²) in [6, 6.07) is 3.39. The molecule has 0 radical (unpaired) electrons. The van der Waals surface area contributed by atoms with Crippen LogP contribution in [0.2, 0.25) is 5.02 Å². The van der Waals surface area contributed by atoms with Crippen molar-refractivity contribution in [3.63, 3.8) is 0 Å². The molecule has 1 aromatic rings. The zero-order valence-corrected chi connectivity index (χ0v) is 8.82. The van der Waals surface area contributed by atoms with Crippen LogP contribution >= 0.6 is 11.6 Å². The van der Waals surface area contributed by atoms with Crippen LogP contribution in [0, 0.1) is 5.82 Å². The van der Waals surface area contributed by atoms with Crippen LogP contribution in [0.5, 0.6) is 0 Å². The molecule has 1 aromatic carbocycles. The number of hydrogen-bond donors (Lipinski definition) is 1. The highest BCUT2D eigenvalue weighted by atomic mass is 35.5. The molecule has 6 heteroatoms. The van der Waals surface area contributed by atoms with Gasteiger partial charge in [-0.15, -0.1) is 0 Å². The first-order valence-corrected chi connectivity index (χ1v) is 4.87. The summed E-state index contributed by atoms with van der Waals surface area (Å²) in [7, 11) is 0. The molecule has 1 unspecified atom stereocenters. The van der Waals surface area contributed by atoms with E-state index in [-0.39, 0.29) is 10.6 Å². The van der Waals surface area contributed by atoms with E-state index in [2.05, 4.69) is 0 Å². The highest BCUT2D eigenvalue weighted by Gasteiger charge is 2.28. The summed E-state index contributed by atoms with van der Waals surface area (Å²) in [4.78, 5) is 0. The van der Waals surface area contributed by atoms with Gasteiger partial charge < -0.3 is 5.11 Å². The van der Waals surface area contributed by atoms with Gasteiger partial charge in [-0.3, -0.25) is 0 Å². The van der Waals surface area contributed by atoms with Crippen molar-refractivity contribution < 1.29 is 22.7 Å². The lowest BCUT2D eigenvalue weighted by atomic mass is 10.0. The third-order valence-corrected chi connectivity index (χ3v) is 2.25. The second-order valence-electron chi connectivity index (χ2n) is 3.34. The summed E-state index contributed by atoms with van der Waals surface area (Å²) >= 11 is 5.55. The highest BCUT2D eigenvalue weighted by molar-refractivity contribution is 6.30. The quantitative estimate of drug-likeness (QED) is 0.815. The van der Waals surface area contributed by atoms with Gasteiger partial charge in [-0.25, -0.2) is 4.39 Å². The van der Waals surface area contributed by atoms with Gasteiger partial charge in [0.1, 0.15) is 5.82 Å². The molecular formula is C10H9ClF4O. The summed E-state index contributed by atoms with van der Waals surface area (Å²) < 4.78 is 48.8. The van der Waals surface area contributed by atoms with Crippen molar-refractivity contribution in [2.24, 2.45) is 0 Å². The van der Waals surface area contributed by atoms with Gasteiger partial charge in [0, 0.05) is 17.0 Å². The molecule has 16 heavy (non-hydrogen) atoms. The molecule has 0 fully saturated rings. The first-order chi connectivity index (χ1) is 7.29. The Morgan fingerprint density at radius 1 is 1.31 bits per heavy atom. The normalized spacial score (nSPS) is 13.9. The fourth-order valence-corrected chi connectivity index (χ4v) is 1.41. The molecule has 1 rings (SSSR count). The fraction of sp³-hybridized carbons (Fsp3) is 0.400. The largest absolute Gasteiger partial charge is 0.389 e. The van der Waals surface area contributed by atoms with Crippen molar-refractivity contribution in [1.82, 2.24) is 0 Å².